The zero-order chi connectivity index (χ0) is 33.4. The van der Waals surface area contributed by atoms with E-state index in [0.717, 1.165) is 24.0 Å². The van der Waals surface area contributed by atoms with Crippen LogP contribution in [-0.2, 0) is 18.5 Å². The highest BCUT2D eigenvalue weighted by Crippen LogP contribution is 2.52. The fraction of sp³-hybridized carbons (Fsp3) is 0.217. The van der Waals surface area contributed by atoms with Crippen molar-refractivity contribution >= 4 is 28.0 Å². The largest absolute Gasteiger partial charge is 0.454 e. The molecule has 3 heteroatoms. The van der Waals surface area contributed by atoms with Gasteiger partial charge in [0.2, 0.25) is 11.4 Å². The third-order valence-electron chi connectivity index (χ3n) is 11.2. The van der Waals surface area contributed by atoms with Crippen LogP contribution in [0.2, 0.25) is 0 Å². The predicted molar refractivity (Wildman–Crippen MR) is 199 cm³/mol. The standard InChI is InChI=1S/C46H40N2O/c1-27-17-22-39-35-14-7-8-16-37(35)46(47(39)25-27)38-21-20-34-33-19-18-30-13-10-15-32(30)43(33)49-44(34)42(38)40-23-31(24-45(4,5)6)36(26-48(40)46)41-28(2)11-9-12-29(41)3/h7-12,14-23,25-26H,13,24H2,1-6H3/q+2. The van der Waals surface area contributed by atoms with Crippen molar-refractivity contribution in [3.8, 4) is 33.6 Å². The number of hydrogen-bond acceptors (Lipinski definition) is 1. The van der Waals surface area contributed by atoms with Gasteiger partial charge in [0.25, 0.3) is 0 Å². The predicted octanol–water partition coefficient (Wildman–Crippen LogP) is 10.2. The van der Waals surface area contributed by atoms with Crippen LogP contribution in [0.4, 0.5) is 0 Å². The molecule has 238 valence electrons. The lowest BCUT2D eigenvalue weighted by atomic mass is 9.83. The smallest absolute Gasteiger partial charge is 0.417 e. The Morgan fingerprint density at radius 3 is 2.27 bits per heavy atom. The molecule has 0 saturated heterocycles. The van der Waals surface area contributed by atoms with Crippen LogP contribution in [0.25, 0.3) is 61.7 Å². The molecule has 7 aromatic rings. The highest BCUT2D eigenvalue weighted by Gasteiger charge is 2.67. The normalized spacial score (nSPS) is 16.8. The van der Waals surface area contributed by atoms with Crippen LogP contribution >= 0.6 is 0 Å². The molecule has 0 amide bonds. The van der Waals surface area contributed by atoms with Gasteiger partial charge in [-0.1, -0.05) is 75.4 Å². The Hall–Kier alpha value is -5.28. The molecule has 49 heavy (non-hydrogen) atoms. The zero-order valence-corrected chi connectivity index (χ0v) is 29.1. The van der Waals surface area contributed by atoms with E-state index in [4.69, 9.17) is 4.42 Å². The summed E-state index contributed by atoms with van der Waals surface area (Å²) in [7, 11) is 0. The molecule has 0 bridgehead atoms. The second-order valence-corrected chi connectivity index (χ2v) is 15.7. The fourth-order valence-corrected chi connectivity index (χ4v) is 9.30. The first-order chi connectivity index (χ1) is 23.6. The number of benzene rings is 4. The third kappa shape index (κ3) is 3.73. The third-order valence-corrected chi connectivity index (χ3v) is 11.2. The topological polar surface area (TPSA) is 20.9 Å². The van der Waals surface area contributed by atoms with Crippen LogP contribution in [0.15, 0.2) is 108 Å². The second-order valence-electron chi connectivity index (χ2n) is 15.7. The van der Waals surface area contributed by atoms with E-state index in [9.17, 15) is 0 Å². The molecule has 0 fully saturated rings. The van der Waals surface area contributed by atoms with Crippen molar-refractivity contribution in [2.45, 2.75) is 60.0 Å². The van der Waals surface area contributed by atoms with Crippen LogP contribution in [-0.4, -0.2) is 0 Å². The van der Waals surface area contributed by atoms with Gasteiger partial charge in [-0.25, -0.2) is 0 Å². The van der Waals surface area contributed by atoms with E-state index >= 15 is 0 Å². The minimum Gasteiger partial charge on any atom is -0.454 e. The fourth-order valence-electron chi connectivity index (χ4n) is 9.30. The van der Waals surface area contributed by atoms with Gasteiger partial charge >= 0.3 is 5.66 Å². The number of pyridine rings is 2. The van der Waals surface area contributed by atoms with Crippen LogP contribution in [0.5, 0.6) is 0 Å². The van der Waals surface area contributed by atoms with Gasteiger partial charge in [-0.15, -0.1) is 9.13 Å². The van der Waals surface area contributed by atoms with Gasteiger partial charge in [0.05, 0.1) is 5.56 Å². The molecule has 5 heterocycles. The molecule has 4 aromatic carbocycles. The molecule has 0 radical (unpaired) electrons. The van der Waals surface area contributed by atoms with E-state index < -0.39 is 5.66 Å². The summed E-state index contributed by atoms with van der Waals surface area (Å²) in [6.07, 6.45) is 11.3. The first-order valence-electron chi connectivity index (χ1n) is 17.6. The number of allylic oxidation sites excluding steroid dienone is 1. The molecule has 3 aliphatic rings. The van der Waals surface area contributed by atoms with E-state index in [2.05, 4.69) is 160 Å². The summed E-state index contributed by atoms with van der Waals surface area (Å²) in [4.78, 5) is 0. The molecule has 3 nitrogen and oxygen atoms in total. The molecule has 1 aliphatic carbocycles. The minimum absolute atomic E-state index is 0.0973. The van der Waals surface area contributed by atoms with Crippen molar-refractivity contribution in [1.82, 2.24) is 0 Å². The summed E-state index contributed by atoms with van der Waals surface area (Å²) < 4.78 is 12.2. The number of rotatable bonds is 2. The number of fused-ring (bicyclic) bond motifs is 16. The van der Waals surface area contributed by atoms with Crippen molar-refractivity contribution in [3.63, 3.8) is 0 Å². The summed E-state index contributed by atoms with van der Waals surface area (Å²) in [6.45, 7) is 13.8. The number of hydrogen-bond donors (Lipinski definition) is 0. The lowest BCUT2D eigenvalue weighted by molar-refractivity contribution is -0.955. The molecule has 3 aromatic heterocycles. The lowest BCUT2D eigenvalue weighted by Gasteiger charge is -2.23. The summed E-state index contributed by atoms with van der Waals surface area (Å²) in [5.74, 6) is 0. The molecule has 1 unspecified atom stereocenters. The number of furan rings is 1. The first kappa shape index (κ1) is 28.7. The average Bonchev–Trinajstić information content (AvgIpc) is 3.82. The maximum absolute atomic E-state index is 7.12. The van der Waals surface area contributed by atoms with Crippen LogP contribution in [0, 0.1) is 26.2 Å². The quantitative estimate of drug-likeness (QED) is 0.173. The minimum atomic E-state index is -0.622. The SMILES string of the molecule is Cc1ccc2[n+](c1)C1(c3ccccc3-2)c2ccc3c(oc4c5c(ccc43)CC=C5)c2-c2cc(CC(C)(C)C)c(-c3c(C)cccc3C)c[n+]21. The van der Waals surface area contributed by atoms with Crippen LogP contribution in [0.3, 0.4) is 0 Å². The summed E-state index contributed by atoms with van der Waals surface area (Å²) in [5, 5.41) is 2.37. The molecule has 10 rings (SSSR count). The van der Waals surface area contributed by atoms with Gasteiger partial charge in [0.15, 0.2) is 12.4 Å². The Bertz CT molecular complexity index is 2610. The van der Waals surface area contributed by atoms with E-state index in [1.807, 2.05) is 0 Å². The summed E-state index contributed by atoms with van der Waals surface area (Å²) in [5.41, 5.74) is 19.3. The Labute approximate surface area is 287 Å². The molecule has 1 atom stereocenters. The van der Waals surface area contributed by atoms with Crippen molar-refractivity contribution in [3.05, 3.63) is 148 Å². The van der Waals surface area contributed by atoms with Gasteiger partial charge in [-0.3, -0.25) is 0 Å². The van der Waals surface area contributed by atoms with Gasteiger partial charge in [-0.2, -0.15) is 0 Å². The van der Waals surface area contributed by atoms with Crippen molar-refractivity contribution in [2.24, 2.45) is 5.41 Å². The van der Waals surface area contributed by atoms with Crippen molar-refractivity contribution < 1.29 is 13.6 Å². The number of aryl methyl sites for hydroxylation is 3. The van der Waals surface area contributed by atoms with E-state index in [0.29, 0.717) is 0 Å². The number of nitrogens with zero attached hydrogens (tertiary/aromatic N) is 2. The van der Waals surface area contributed by atoms with Gasteiger partial charge in [-0.05, 0) is 97.2 Å². The second kappa shape index (κ2) is 9.66. The lowest BCUT2D eigenvalue weighted by Crippen LogP contribution is -2.71. The van der Waals surface area contributed by atoms with Gasteiger partial charge < -0.3 is 4.42 Å². The highest BCUT2D eigenvalue weighted by atomic mass is 16.3. The zero-order valence-electron chi connectivity index (χ0n) is 29.1. The Balaban J connectivity index is 1.41. The monoisotopic (exact) mass is 636 g/mol. The van der Waals surface area contributed by atoms with Crippen molar-refractivity contribution in [1.29, 1.82) is 0 Å². The van der Waals surface area contributed by atoms with Crippen molar-refractivity contribution in [2.75, 3.05) is 0 Å². The maximum Gasteiger partial charge on any atom is 0.417 e. The Morgan fingerprint density at radius 1 is 0.694 bits per heavy atom. The Morgan fingerprint density at radius 2 is 1.45 bits per heavy atom. The molecule has 0 saturated carbocycles. The molecule has 1 spiro atoms. The van der Waals surface area contributed by atoms with E-state index in [1.165, 1.54) is 88.9 Å². The average molecular weight is 637 g/mol. The van der Waals surface area contributed by atoms with Gasteiger partial charge in [0.1, 0.15) is 27.9 Å². The van der Waals surface area contributed by atoms with Crippen LogP contribution in [0.1, 0.15) is 65.3 Å². The highest BCUT2D eigenvalue weighted by molar-refractivity contribution is 6.12. The maximum atomic E-state index is 7.12. The van der Waals surface area contributed by atoms with E-state index in [-0.39, 0.29) is 5.41 Å². The summed E-state index contributed by atoms with van der Waals surface area (Å²) >= 11 is 0. The summed E-state index contributed by atoms with van der Waals surface area (Å²) in [6, 6.07) is 32.0. The van der Waals surface area contributed by atoms with Gasteiger partial charge in [0, 0.05) is 39.6 Å². The molecular weight excluding hydrogens is 597 g/mol. The van der Waals surface area contributed by atoms with Crippen LogP contribution < -0.4 is 9.13 Å². The first-order valence-corrected chi connectivity index (χ1v) is 17.6. The molecule has 2 aliphatic heterocycles. The van der Waals surface area contributed by atoms with E-state index in [1.54, 1.807) is 0 Å². The Kier molecular flexibility index (Phi) is 5.66. The molecular formula is C46H40N2O+2. The number of aromatic nitrogens is 2. The molecule has 0 N–H and O–H groups in total.